The van der Waals surface area contributed by atoms with E-state index in [4.69, 9.17) is 0 Å². The molecule has 0 aliphatic carbocycles. The molecule has 0 unspecified atom stereocenters. The summed E-state index contributed by atoms with van der Waals surface area (Å²) in [4.78, 5) is 17.9. The summed E-state index contributed by atoms with van der Waals surface area (Å²) in [7, 11) is 1.68. The number of para-hydroxylation sites is 1. The van der Waals surface area contributed by atoms with Crippen LogP contribution < -0.4 is 5.32 Å². The Morgan fingerprint density at radius 2 is 2.14 bits per heavy atom. The molecule has 1 aromatic carbocycles. The highest BCUT2D eigenvalue weighted by Gasteiger charge is 2.18. The van der Waals surface area contributed by atoms with Crippen molar-refractivity contribution < 1.29 is 9.90 Å². The number of urea groups is 1. The number of carbonyl (C=O) groups is 1. The van der Waals surface area contributed by atoms with E-state index >= 15 is 0 Å². The van der Waals surface area contributed by atoms with Crippen LogP contribution in [-0.4, -0.2) is 46.8 Å². The molecule has 2 N–H and O–H groups in total. The van der Waals surface area contributed by atoms with Crippen molar-refractivity contribution >= 4 is 27.6 Å². The molecule has 0 fully saturated rings. The lowest BCUT2D eigenvalue weighted by Gasteiger charge is -2.25. The number of thiazole rings is 1. The molecule has 2 aromatic rings. The van der Waals surface area contributed by atoms with Crippen LogP contribution in [0, 0.1) is 0 Å². The molecule has 0 bridgehead atoms. The lowest BCUT2D eigenvalue weighted by Crippen LogP contribution is -2.44. The highest BCUT2D eigenvalue weighted by molar-refractivity contribution is 7.18. The number of likely N-dealkylation sites (N-methyl/N-ethyl adjacent to an activating group) is 1. The Labute approximate surface area is 135 Å². The Bertz CT molecular complexity index is 601. The van der Waals surface area contributed by atoms with Gasteiger partial charge in [0.2, 0.25) is 0 Å². The molecule has 0 radical (unpaired) electrons. The molecular formula is C16H23N3O2S. The number of hydrogen-bond donors (Lipinski definition) is 2. The predicted octanol–water partition coefficient (Wildman–Crippen LogP) is 2.64. The number of fused-ring (bicyclic) bond motifs is 1. The second-order valence-electron chi connectivity index (χ2n) is 6.08. The first kappa shape index (κ1) is 16.7. The lowest BCUT2D eigenvalue weighted by molar-refractivity contribution is 0.0532. The first-order chi connectivity index (χ1) is 10.3. The van der Waals surface area contributed by atoms with Gasteiger partial charge in [0.15, 0.2) is 0 Å². The Kier molecular flexibility index (Phi) is 5.37. The fraction of sp³-hybridized carbons (Fsp3) is 0.500. The first-order valence-electron chi connectivity index (χ1n) is 7.41. The summed E-state index contributed by atoms with van der Waals surface area (Å²) in [6, 6.07) is 7.94. The fourth-order valence-corrected chi connectivity index (χ4v) is 3.26. The van der Waals surface area contributed by atoms with Crippen LogP contribution in [0.3, 0.4) is 0 Å². The van der Waals surface area contributed by atoms with Crippen molar-refractivity contribution in [3.8, 4) is 0 Å². The summed E-state index contributed by atoms with van der Waals surface area (Å²) in [6.45, 7) is 4.27. The molecule has 1 heterocycles. The summed E-state index contributed by atoms with van der Waals surface area (Å²) in [5.41, 5.74) is 0.157. The van der Waals surface area contributed by atoms with Gasteiger partial charge in [-0.15, -0.1) is 11.3 Å². The van der Waals surface area contributed by atoms with Crippen molar-refractivity contribution in [2.24, 2.45) is 0 Å². The van der Waals surface area contributed by atoms with Crippen LogP contribution in [-0.2, 0) is 6.42 Å². The third kappa shape index (κ3) is 4.96. The Morgan fingerprint density at radius 3 is 2.82 bits per heavy atom. The molecule has 0 saturated heterocycles. The van der Waals surface area contributed by atoms with E-state index in [2.05, 4.69) is 16.4 Å². The fourth-order valence-electron chi connectivity index (χ4n) is 2.25. The highest BCUT2D eigenvalue weighted by atomic mass is 32.1. The zero-order chi connectivity index (χ0) is 16.2. The van der Waals surface area contributed by atoms with Gasteiger partial charge in [-0.1, -0.05) is 12.1 Å². The number of hydrogen-bond acceptors (Lipinski definition) is 4. The normalized spacial score (nSPS) is 11.6. The number of rotatable bonds is 6. The van der Waals surface area contributed by atoms with Crippen molar-refractivity contribution in [2.75, 3.05) is 20.1 Å². The SMILES string of the molecule is CN(CC(C)(C)O)C(=O)NCCCc1nc2ccccc2s1. The number of aryl methyl sites for hydroxylation is 1. The Balaban J connectivity index is 1.73. The van der Waals surface area contributed by atoms with Crippen molar-refractivity contribution in [3.05, 3.63) is 29.3 Å². The van der Waals surface area contributed by atoms with Crippen molar-refractivity contribution in [3.63, 3.8) is 0 Å². The first-order valence-corrected chi connectivity index (χ1v) is 8.22. The van der Waals surface area contributed by atoms with E-state index in [9.17, 15) is 9.90 Å². The number of nitrogens with zero attached hydrogens (tertiary/aromatic N) is 2. The summed E-state index contributed by atoms with van der Waals surface area (Å²) in [5.74, 6) is 0. The Morgan fingerprint density at radius 1 is 1.41 bits per heavy atom. The van der Waals surface area contributed by atoms with Crippen LogP contribution >= 0.6 is 11.3 Å². The molecule has 120 valence electrons. The van der Waals surface area contributed by atoms with E-state index in [1.165, 1.54) is 9.60 Å². The molecular weight excluding hydrogens is 298 g/mol. The zero-order valence-electron chi connectivity index (χ0n) is 13.3. The van der Waals surface area contributed by atoms with Gasteiger partial charge in [-0.05, 0) is 32.4 Å². The molecule has 0 aliphatic rings. The van der Waals surface area contributed by atoms with Crippen LogP contribution in [0.15, 0.2) is 24.3 Å². The number of aromatic nitrogens is 1. The van der Waals surface area contributed by atoms with Gasteiger partial charge in [-0.25, -0.2) is 9.78 Å². The van der Waals surface area contributed by atoms with E-state index in [1.807, 2.05) is 18.2 Å². The maximum absolute atomic E-state index is 11.9. The molecule has 5 nitrogen and oxygen atoms in total. The summed E-state index contributed by atoms with van der Waals surface area (Å²) in [5, 5.41) is 13.7. The molecule has 22 heavy (non-hydrogen) atoms. The maximum atomic E-state index is 11.9. The van der Waals surface area contributed by atoms with Crippen LogP contribution in [0.1, 0.15) is 25.3 Å². The van der Waals surface area contributed by atoms with E-state index in [0.29, 0.717) is 13.1 Å². The van der Waals surface area contributed by atoms with Gasteiger partial charge in [0.1, 0.15) is 0 Å². The zero-order valence-corrected chi connectivity index (χ0v) is 14.1. The van der Waals surface area contributed by atoms with E-state index in [1.54, 1.807) is 32.2 Å². The van der Waals surface area contributed by atoms with Crippen molar-refractivity contribution in [2.45, 2.75) is 32.3 Å². The van der Waals surface area contributed by atoms with Crippen molar-refractivity contribution in [1.82, 2.24) is 15.2 Å². The third-order valence-electron chi connectivity index (χ3n) is 3.15. The van der Waals surface area contributed by atoms with E-state index in [-0.39, 0.29) is 6.03 Å². The van der Waals surface area contributed by atoms with Gasteiger partial charge in [-0.2, -0.15) is 0 Å². The molecule has 2 amide bonds. The van der Waals surface area contributed by atoms with Gasteiger partial charge in [-0.3, -0.25) is 0 Å². The average Bonchev–Trinajstić information content (AvgIpc) is 2.84. The number of benzene rings is 1. The van der Waals surface area contributed by atoms with Crippen LogP contribution in [0.4, 0.5) is 4.79 Å². The standard InChI is InChI=1S/C16H23N3O2S/c1-16(2,21)11-19(3)15(20)17-10-6-9-14-18-12-7-4-5-8-13(12)22-14/h4-5,7-8,21H,6,9-11H2,1-3H3,(H,17,20). The number of nitrogens with one attached hydrogen (secondary N) is 1. The molecule has 0 spiro atoms. The minimum absolute atomic E-state index is 0.161. The van der Waals surface area contributed by atoms with Crippen LogP contribution in [0.5, 0.6) is 0 Å². The van der Waals surface area contributed by atoms with E-state index < -0.39 is 5.60 Å². The largest absolute Gasteiger partial charge is 0.389 e. The number of carbonyl (C=O) groups excluding carboxylic acids is 1. The van der Waals surface area contributed by atoms with Gasteiger partial charge < -0.3 is 15.3 Å². The quantitative estimate of drug-likeness (QED) is 0.804. The molecule has 2 rings (SSSR count). The van der Waals surface area contributed by atoms with Gasteiger partial charge >= 0.3 is 6.03 Å². The lowest BCUT2D eigenvalue weighted by atomic mass is 10.1. The van der Waals surface area contributed by atoms with Gasteiger partial charge in [0.25, 0.3) is 0 Å². The topological polar surface area (TPSA) is 65.5 Å². The van der Waals surface area contributed by atoms with E-state index in [0.717, 1.165) is 23.4 Å². The number of amides is 2. The molecule has 0 aliphatic heterocycles. The van der Waals surface area contributed by atoms with Crippen LogP contribution in [0.2, 0.25) is 0 Å². The molecule has 1 aromatic heterocycles. The minimum Gasteiger partial charge on any atom is -0.389 e. The Hall–Kier alpha value is -1.66. The monoisotopic (exact) mass is 321 g/mol. The van der Waals surface area contributed by atoms with Gasteiger partial charge in [0.05, 0.1) is 27.4 Å². The summed E-state index contributed by atoms with van der Waals surface area (Å²) >= 11 is 1.70. The van der Waals surface area contributed by atoms with Crippen LogP contribution in [0.25, 0.3) is 10.2 Å². The van der Waals surface area contributed by atoms with Crippen molar-refractivity contribution in [1.29, 1.82) is 0 Å². The average molecular weight is 321 g/mol. The second kappa shape index (κ2) is 7.07. The van der Waals surface area contributed by atoms with Gasteiger partial charge in [0, 0.05) is 20.0 Å². The minimum atomic E-state index is -0.882. The summed E-state index contributed by atoms with van der Waals surface area (Å²) in [6.07, 6.45) is 1.71. The predicted molar refractivity (Wildman–Crippen MR) is 90.3 cm³/mol. The number of aliphatic hydroxyl groups is 1. The molecule has 0 saturated carbocycles. The molecule has 6 heteroatoms. The summed E-state index contributed by atoms with van der Waals surface area (Å²) < 4.78 is 1.20. The highest BCUT2D eigenvalue weighted by Crippen LogP contribution is 2.22. The third-order valence-corrected chi connectivity index (χ3v) is 4.25. The molecule has 0 atom stereocenters. The smallest absolute Gasteiger partial charge is 0.317 e. The maximum Gasteiger partial charge on any atom is 0.317 e. The second-order valence-corrected chi connectivity index (χ2v) is 7.19.